The normalized spacial score (nSPS) is 14.1. The maximum atomic E-state index is 9.30. The van der Waals surface area contributed by atoms with E-state index in [4.69, 9.17) is 0 Å². The molecule has 0 aliphatic heterocycles. The predicted molar refractivity (Wildman–Crippen MR) is 57.3 cm³/mol. The van der Waals surface area contributed by atoms with E-state index in [2.05, 4.69) is 6.58 Å². The van der Waals surface area contributed by atoms with Crippen LogP contribution in [0, 0.1) is 0 Å². The van der Waals surface area contributed by atoms with Crippen molar-refractivity contribution in [3.8, 4) is 0 Å². The summed E-state index contributed by atoms with van der Waals surface area (Å²) in [4.78, 5) is 0. The van der Waals surface area contributed by atoms with Gasteiger partial charge in [-0.25, -0.2) is 0 Å². The van der Waals surface area contributed by atoms with Crippen LogP contribution in [0.5, 0.6) is 0 Å². The van der Waals surface area contributed by atoms with Crippen LogP contribution in [0.25, 0.3) is 0 Å². The van der Waals surface area contributed by atoms with Gasteiger partial charge in [0.05, 0.1) is 5.76 Å². The van der Waals surface area contributed by atoms with Gasteiger partial charge < -0.3 is 5.11 Å². The summed E-state index contributed by atoms with van der Waals surface area (Å²) in [6.45, 7) is 9.45. The van der Waals surface area contributed by atoms with Gasteiger partial charge >= 0.3 is 0 Å². The van der Waals surface area contributed by atoms with Gasteiger partial charge in [0.25, 0.3) is 0 Å². The molecule has 0 saturated heterocycles. The van der Waals surface area contributed by atoms with Crippen LogP contribution in [0.4, 0.5) is 0 Å². The molecule has 0 rings (SSSR count). The van der Waals surface area contributed by atoms with Crippen LogP contribution < -0.4 is 0 Å². The lowest BCUT2D eigenvalue weighted by atomic mass is 9.90. The highest BCUT2D eigenvalue weighted by molar-refractivity contribution is 6.10. The van der Waals surface area contributed by atoms with Gasteiger partial charge in [-0.3, -0.25) is 0 Å². The minimum absolute atomic E-state index is 0.410. The Kier molecular flexibility index (Phi) is 4.49. The van der Waals surface area contributed by atoms with Gasteiger partial charge in [-0.05, 0) is 31.9 Å². The lowest BCUT2D eigenvalue weighted by Gasteiger charge is -2.06. The van der Waals surface area contributed by atoms with E-state index in [1.54, 1.807) is 6.92 Å². The largest absolute Gasteiger partial charge is 0.512 e. The number of hydrogen-bond acceptors (Lipinski definition) is 1. The molecule has 0 radical (unpaired) electrons. The molecule has 1 nitrogen and oxygen atoms in total. The Morgan fingerprint density at radius 1 is 1.42 bits per heavy atom. The molecule has 0 aliphatic carbocycles. The van der Waals surface area contributed by atoms with Gasteiger partial charge in [0.2, 0.25) is 0 Å². The third-order valence-electron chi connectivity index (χ3n) is 1.73. The molecule has 2 heteroatoms. The number of allylic oxidation sites excluding steroid dienone is 5. The van der Waals surface area contributed by atoms with E-state index < -0.39 is 0 Å². The molecule has 0 aromatic carbocycles. The molecule has 0 aromatic rings. The van der Waals surface area contributed by atoms with Crippen molar-refractivity contribution in [1.29, 1.82) is 0 Å². The number of aliphatic hydroxyl groups is 1. The first-order valence-corrected chi connectivity index (χ1v) is 4.22. The van der Waals surface area contributed by atoms with Crippen molar-refractivity contribution in [1.82, 2.24) is 0 Å². The molecule has 1 N–H and O–H groups in total. The lowest BCUT2D eigenvalue weighted by molar-refractivity contribution is 0.408. The van der Waals surface area contributed by atoms with Crippen molar-refractivity contribution < 1.29 is 5.11 Å². The molecular weight excluding hydrogens is 147 g/mol. The summed E-state index contributed by atoms with van der Waals surface area (Å²) in [6, 6.07) is 0. The molecule has 0 unspecified atom stereocenters. The number of hydrogen-bond donors (Lipinski definition) is 1. The van der Waals surface area contributed by atoms with Gasteiger partial charge in [-0.2, -0.15) is 0 Å². The summed E-state index contributed by atoms with van der Waals surface area (Å²) in [5.41, 5.74) is 3.13. The predicted octanol–water partition coefficient (Wildman–Crippen LogP) is 2.39. The average molecular weight is 164 g/mol. The minimum atomic E-state index is 0.410. The maximum absolute atomic E-state index is 9.30. The van der Waals surface area contributed by atoms with Crippen molar-refractivity contribution in [2.24, 2.45) is 0 Å². The molecule has 0 aliphatic rings. The molecule has 0 fully saturated rings. The zero-order valence-corrected chi connectivity index (χ0v) is 8.44. The van der Waals surface area contributed by atoms with Gasteiger partial charge in [0.1, 0.15) is 7.85 Å². The minimum Gasteiger partial charge on any atom is -0.512 e. The molecule has 12 heavy (non-hydrogen) atoms. The molecule has 0 bridgehead atoms. The third kappa shape index (κ3) is 3.47. The van der Waals surface area contributed by atoms with E-state index in [0.29, 0.717) is 5.76 Å². The Morgan fingerprint density at radius 2 is 1.92 bits per heavy atom. The molecule has 0 saturated carbocycles. The highest BCUT2D eigenvalue weighted by Gasteiger charge is 2.00. The SMILES string of the molecule is BCC(/C(C)=C\C(=C)C)=C(/C)O. The smallest absolute Gasteiger partial charge is 0.107 e. The van der Waals surface area contributed by atoms with Gasteiger partial charge in [0, 0.05) is 0 Å². The zero-order chi connectivity index (χ0) is 9.72. The summed E-state index contributed by atoms with van der Waals surface area (Å²) in [5, 5.41) is 9.30. The van der Waals surface area contributed by atoms with Gasteiger partial charge in [0.15, 0.2) is 0 Å². The third-order valence-corrected chi connectivity index (χ3v) is 1.73. The Balaban J connectivity index is 4.78. The highest BCUT2D eigenvalue weighted by atomic mass is 16.3. The van der Waals surface area contributed by atoms with E-state index in [9.17, 15) is 5.11 Å². The first-order chi connectivity index (χ1) is 5.49. The number of aliphatic hydroxyl groups excluding tert-OH is 1. The molecule has 66 valence electrons. The molecule has 0 amide bonds. The summed E-state index contributed by atoms with van der Waals surface area (Å²) in [6.07, 6.45) is 2.84. The van der Waals surface area contributed by atoms with E-state index in [0.717, 1.165) is 23.0 Å². The molecule has 0 spiro atoms. The fourth-order valence-electron chi connectivity index (χ4n) is 1.28. The average Bonchev–Trinajstić information content (AvgIpc) is 1.85. The number of rotatable bonds is 3. The van der Waals surface area contributed by atoms with Gasteiger partial charge in [-0.15, -0.1) is 0 Å². The second-order valence-electron chi connectivity index (χ2n) is 3.09. The van der Waals surface area contributed by atoms with Crippen LogP contribution in [0.3, 0.4) is 0 Å². The van der Waals surface area contributed by atoms with E-state index in [1.165, 1.54) is 0 Å². The highest BCUT2D eigenvalue weighted by Crippen LogP contribution is 2.17. The fourth-order valence-corrected chi connectivity index (χ4v) is 1.28. The summed E-state index contributed by atoms with van der Waals surface area (Å²) in [5.74, 6) is 0.410. The summed E-state index contributed by atoms with van der Waals surface area (Å²) < 4.78 is 0. The Hall–Kier alpha value is -0.915. The van der Waals surface area contributed by atoms with Crippen molar-refractivity contribution in [2.45, 2.75) is 27.1 Å². The molecule has 0 heterocycles. The molecule has 0 atom stereocenters. The van der Waals surface area contributed by atoms with E-state index in [-0.39, 0.29) is 0 Å². The zero-order valence-electron chi connectivity index (χ0n) is 8.44. The Bertz CT molecular complexity index is 232. The molecule has 0 aromatic heterocycles. The van der Waals surface area contributed by atoms with Crippen LogP contribution in [-0.4, -0.2) is 13.0 Å². The van der Waals surface area contributed by atoms with E-state index in [1.807, 2.05) is 27.8 Å². The van der Waals surface area contributed by atoms with Gasteiger partial charge in [-0.1, -0.05) is 24.5 Å². The first-order valence-electron chi connectivity index (χ1n) is 4.22. The van der Waals surface area contributed by atoms with Crippen LogP contribution in [-0.2, 0) is 0 Å². The second kappa shape index (κ2) is 4.86. The van der Waals surface area contributed by atoms with Crippen molar-refractivity contribution >= 4 is 7.85 Å². The molecular formula is C10H17BO. The van der Waals surface area contributed by atoms with Crippen molar-refractivity contribution in [3.63, 3.8) is 0 Å². The Morgan fingerprint density at radius 3 is 2.17 bits per heavy atom. The first kappa shape index (κ1) is 11.1. The van der Waals surface area contributed by atoms with Crippen LogP contribution in [0.15, 0.2) is 35.1 Å². The van der Waals surface area contributed by atoms with Crippen LogP contribution >= 0.6 is 0 Å². The van der Waals surface area contributed by atoms with Crippen molar-refractivity contribution in [3.05, 3.63) is 35.1 Å². The standard InChI is InChI=1S/C10H17BO/c1-7(2)5-8(3)10(6-11)9(4)12/h5,12H,1,6,11H2,2-4H3/b8-5-,10-9+. The quantitative estimate of drug-likeness (QED) is 0.385. The topological polar surface area (TPSA) is 20.2 Å². The summed E-state index contributed by atoms with van der Waals surface area (Å²) >= 11 is 0. The van der Waals surface area contributed by atoms with Crippen LogP contribution in [0.2, 0.25) is 6.32 Å². The lowest BCUT2D eigenvalue weighted by Crippen LogP contribution is -1.90. The van der Waals surface area contributed by atoms with E-state index >= 15 is 0 Å². The maximum Gasteiger partial charge on any atom is 0.107 e. The van der Waals surface area contributed by atoms with Crippen LogP contribution in [0.1, 0.15) is 20.8 Å². The monoisotopic (exact) mass is 164 g/mol. The Labute approximate surface area is 75.9 Å². The van der Waals surface area contributed by atoms with Crippen molar-refractivity contribution in [2.75, 3.05) is 0 Å². The summed E-state index contributed by atoms with van der Waals surface area (Å²) in [7, 11) is 2.03. The second-order valence-corrected chi connectivity index (χ2v) is 3.09. The fraction of sp³-hybridized carbons (Fsp3) is 0.400.